The van der Waals surface area contributed by atoms with Crippen LogP contribution in [0.25, 0.3) is 10.9 Å². The largest absolute Gasteiger partial charge is 0.354 e. The van der Waals surface area contributed by atoms with Crippen LogP contribution in [0.15, 0.2) is 65.3 Å². The van der Waals surface area contributed by atoms with Gasteiger partial charge in [-0.25, -0.2) is 0 Å². The van der Waals surface area contributed by atoms with Gasteiger partial charge in [0, 0.05) is 28.1 Å². The van der Waals surface area contributed by atoms with Crippen molar-refractivity contribution in [3.63, 3.8) is 0 Å². The van der Waals surface area contributed by atoms with E-state index in [0.29, 0.717) is 13.1 Å². The topological polar surface area (TPSA) is 34.0 Å². The Labute approximate surface area is 138 Å². The molecule has 0 aliphatic heterocycles. The summed E-state index contributed by atoms with van der Waals surface area (Å²) in [7, 11) is 0. The van der Waals surface area contributed by atoms with Crippen molar-refractivity contribution in [3.8, 4) is 0 Å². The summed E-state index contributed by atoms with van der Waals surface area (Å²) in [5, 5.41) is 4.11. The summed E-state index contributed by atoms with van der Waals surface area (Å²) >= 11 is 3.46. The number of rotatable bonds is 5. The number of nitrogens with zero attached hydrogens (tertiary/aromatic N) is 1. The number of halogens is 1. The van der Waals surface area contributed by atoms with E-state index in [2.05, 4.69) is 39.4 Å². The van der Waals surface area contributed by atoms with Crippen LogP contribution in [0.5, 0.6) is 0 Å². The van der Waals surface area contributed by atoms with Crippen LogP contribution in [0.3, 0.4) is 0 Å². The molecule has 2 aromatic carbocycles. The van der Waals surface area contributed by atoms with Crippen molar-refractivity contribution in [2.24, 2.45) is 0 Å². The Balaban J connectivity index is 1.57. The van der Waals surface area contributed by atoms with Crippen LogP contribution in [-0.2, 0) is 17.8 Å². The first-order chi connectivity index (χ1) is 10.7. The smallest absolute Gasteiger partial charge is 0.239 e. The lowest BCUT2D eigenvalue weighted by Crippen LogP contribution is -2.29. The number of hydrogen-bond donors (Lipinski definition) is 1. The number of nitrogens with one attached hydrogen (secondary N) is 1. The van der Waals surface area contributed by atoms with E-state index in [9.17, 15) is 4.79 Å². The predicted molar refractivity (Wildman–Crippen MR) is 92.8 cm³/mol. The minimum absolute atomic E-state index is 0.0383. The van der Waals surface area contributed by atoms with E-state index in [1.54, 1.807) is 0 Å². The zero-order chi connectivity index (χ0) is 15.4. The standard InChI is InChI=1S/C18H17BrN2O/c19-16-6-7-17-15(12-16)9-11-21(17)13-18(22)20-10-8-14-4-2-1-3-5-14/h1-7,9,11-12H,8,10,13H2,(H,20,22). The van der Waals surface area contributed by atoms with Gasteiger partial charge in [-0.3, -0.25) is 4.79 Å². The van der Waals surface area contributed by atoms with Crippen LogP contribution in [0, 0.1) is 0 Å². The van der Waals surface area contributed by atoms with Crippen LogP contribution < -0.4 is 5.32 Å². The molecule has 0 bridgehead atoms. The Morgan fingerprint density at radius 1 is 1.09 bits per heavy atom. The Kier molecular flexibility index (Phi) is 4.59. The van der Waals surface area contributed by atoms with Gasteiger partial charge in [0.1, 0.15) is 6.54 Å². The van der Waals surface area contributed by atoms with Gasteiger partial charge < -0.3 is 9.88 Å². The third kappa shape index (κ3) is 3.57. The van der Waals surface area contributed by atoms with Gasteiger partial charge in [-0.15, -0.1) is 0 Å². The molecule has 22 heavy (non-hydrogen) atoms. The number of benzene rings is 2. The highest BCUT2D eigenvalue weighted by atomic mass is 79.9. The molecule has 0 fully saturated rings. The fraction of sp³-hybridized carbons (Fsp3) is 0.167. The average molecular weight is 357 g/mol. The molecule has 0 saturated carbocycles. The Hall–Kier alpha value is -2.07. The van der Waals surface area contributed by atoms with Crippen molar-refractivity contribution in [1.29, 1.82) is 0 Å². The molecule has 112 valence electrons. The van der Waals surface area contributed by atoms with E-state index in [-0.39, 0.29) is 5.91 Å². The number of hydrogen-bond acceptors (Lipinski definition) is 1. The second-order valence-corrected chi connectivity index (χ2v) is 6.15. The normalized spacial score (nSPS) is 10.8. The summed E-state index contributed by atoms with van der Waals surface area (Å²) < 4.78 is 3.02. The molecule has 0 saturated heterocycles. The van der Waals surface area contributed by atoms with Crippen LogP contribution in [0.1, 0.15) is 5.56 Å². The first kappa shape index (κ1) is 14.9. The molecule has 0 unspecified atom stereocenters. The zero-order valence-electron chi connectivity index (χ0n) is 12.1. The van der Waals surface area contributed by atoms with Gasteiger partial charge in [-0.05, 0) is 36.2 Å². The van der Waals surface area contributed by atoms with Crippen LogP contribution in [-0.4, -0.2) is 17.0 Å². The molecular weight excluding hydrogens is 340 g/mol. The van der Waals surface area contributed by atoms with Crippen molar-refractivity contribution in [2.45, 2.75) is 13.0 Å². The van der Waals surface area contributed by atoms with Gasteiger partial charge in [0.25, 0.3) is 0 Å². The lowest BCUT2D eigenvalue weighted by Gasteiger charge is -2.07. The second-order valence-electron chi connectivity index (χ2n) is 5.23. The van der Waals surface area contributed by atoms with Crippen LogP contribution >= 0.6 is 15.9 Å². The number of fused-ring (bicyclic) bond motifs is 1. The van der Waals surface area contributed by atoms with Gasteiger partial charge in [-0.1, -0.05) is 46.3 Å². The third-order valence-electron chi connectivity index (χ3n) is 3.63. The molecule has 0 atom stereocenters. The fourth-order valence-electron chi connectivity index (χ4n) is 2.51. The summed E-state index contributed by atoms with van der Waals surface area (Å²) in [4.78, 5) is 12.1. The van der Waals surface area contributed by atoms with Gasteiger partial charge in [0.15, 0.2) is 0 Å². The lowest BCUT2D eigenvalue weighted by molar-refractivity contribution is -0.121. The lowest BCUT2D eigenvalue weighted by atomic mass is 10.1. The molecule has 1 amide bonds. The molecule has 3 rings (SSSR count). The van der Waals surface area contributed by atoms with Gasteiger partial charge in [0.05, 0.1) is 0 Å². The first-order valence-electron chi connectivity index (χ1n) is 7.27. The molecule has 0 radical (unpaired) electrons. The monoisotopic (exact) mass is 356 g/mol. The van der Waals surface area contributed by atoms with Crippen LogP contribution in [0.2, 0.25) is 0 Å². The molecule has 1 heterocycles. The Bertz CT molecular complexity index is 780. The maximum atomic E-state index is 12.1. The zero-order valence-corrected chi connectivity index (χ0v) is 13.7. The van der Waals surface area contributed by atoms with E-state index in [4.69, 9.17) is 0 Å². The van der Waals surface area contributed by atoms with Crippen molar-refractivity contribution in [3.05, 3.63) is 70.8 Å². The summed E-state index contributed by atoms with van der Waals surface area (Å²) in [6.07, 6.45) is 2.81. The molecular formula is C18H17BrN2O. The van der Waals surface area contributed by atoms with Crippen molar-refractivity contribution < 1.29 is 4.79 Å². The molecule has 3 aromatic rings. The predicted octanol–water partition coefficient (Wildman–Crippen LogP) is 3.76. The molecule has 3 nitrogen and oxygen atoms in total. The number of carbonyl (C=O) groups excluding carboxylic acids is 1. The second kappa shape index (κ2) is 6.79. The van der Waals surface area contributed by atoms with E-state index < -0.39 is 0 Å². The van der Waals surface area contributed by atoms with Crippen molar-refractivity contribution >= 4 is 32.7 Å². The minimum Gasteiger partial charge on any atom is -0.354 e. The molecule has 0 aliphatic rings. The highest BCUT2D eigenvalue weighted by molar-refractivity contribution is 9.10. The molecule has 1 N–H and O–H groups in total. The van der Waals surface area contributed by atoms with E-state index in [1.165, 1.54) is 5.56 Å². The minimum atomic E-state index is 0.0383. The first-order valence-corrected chi connectivity index (χ1v) is 8.07. The third-order valence-corrected chi connectivity index (χ3v) is 4.12. The maximum absolute atomic E-state index is 12.1. The molecule has 1 aromatic heterocycles. The average Bonchev–Trinajstić information content (AvgIpc) is 2.90. The van der Waals surface area contributed by atoms with Crippen LogP contribution in [0.4, 0.5) is 0 Å². The Morgan fingerprint density at radius 2 is 1.91 bits per heavy atom. The molecule has 0 aliphatic carbocycles. The SMILES string of the molecule is O=C(Cn1ccc2cc(Br)ccc21)NCCc1ccccc1. The van der Waals surface area contributed by atoms with Crippen molar-refractivity contribution in [1.82, 2.24) is 9.88 Å². The number of amides is 1. The summed E-state index contributed by atoms with van der Waals surface area (Å²) in [5.74, 6) is 0.0383. The number of aromatic nitrogens is 1. The maximum Gasteiger partial charge on any atom is 0.239 e. The van der Waals surface area contributed by atoms with Gasteiger partial charge in [-0.2, -0.15) is 0 Å². The highest BCUT2D eigenvalue weighted by Crippen LogP contribution is 2.20. The van der Waals surface area contributed by atoms with Gasteiger partial charge >= 0.3 is 0 Å². The summed E-state index contributed by atoms with van der Waals surface area (Å²) in [6.45, 7) is 1.01. The highest BCUT2D eigenvalue weighted by Gasteiger charge is 2.06. The van der Waals surface area contributed by atoms with Gasteiger partial charge in [0.2, 0.25) is 5.91 Å². The fourth-order valence-corrected chi connectivity index (χ4v) is 2.89. The quantitative estimate of drug-likeness (QED) is 0.741. The summed E-state index contributed by atoms with van der Waals surface area (Å²) in [6, 6.07) is 18.3. The van der Waals surface area contributed by atoms with E-state index >= 15 is 0 Å². The van der Waals surface area contributed by atoms with E-state index in [0.717, 1.165) is 21.8 Å². The summed E-state index contributed by atoms with van der Waals surface area (Å²) in [5.41, 5.74) is 2.31. The number of carbonyl (C=O) groups is 1. The molecule has 0 spiro atoms. The Morgan fingerprint density at radius 3 is 2.73 bits per heavy atom. The van der Waals surface area contributed by atoms with Crippen molar-refractivity contribution in [2.75, 3.05) is 6.54 Å². The van der Waals surface area contributed by atoms with E-state index in [1.807, 2.05) is 47.2 Å². The molecule has 4 heteroatoms.